The van der Waals surface area contributed by atoms with E-state index in [1.54, 1.807) is 13.8 Å². The molecule has 0 saturated carbocycles. The van der Waals surface area contributed by atoms with Crippen molar-refractivity contribution in [3.8, 4) is 0 Å². The van der Waals surface area contributed by atoms with Gasteiger partial charge in [0.2, 0.25) is 0 Å². The molecule has 14 heavy (non-hydrogen) atoms. The quantitative estimate of drug-likeness (QED) is 0.307. The van der Waals surface area contributed by atoms with Gasteiger partial charge in [-0.15, -0.1) is 0 Å². The van der Waals surface area contributed by atoms with Gasteiger partial charge in [-0.05, 0) is 20.8 Å². The highest BCUT2D eigenvalue weighted by molar-refractivity contribution is 8.34. The molecule has 78 valence electrons. The van der Waals surface area contributed by atoms with Crippen LogP contribution in [0.3, 0.4) is 0 Å². The van der Waals surface area contributed by atoms with Gasteiger partial charge in [-0.1, -0.05) is 13.8 Å². The van der Waals surface area contributed by atoms with E-state index in [-0.39, 0.29) is 12.3 Å². The van der Waals surface area contributed by atoms with Crippen LogP contribution < -0.4 is 0 Å². The first-order chi connectivity index (χ1) is 6.49. The summed E-state index contributed by atoms with van der Waals surface area (Å²) in [6, 6.07) is 0. The van der Waals surface area contributed by atoms with Crippen LogP contribution in [0.15, 0.2) is 9.77 Å². The molecule has 0 aromatic heterocycles. The number of rotatable bonds is 5. The standard InChI is InChI=1S/C4H10N6O2P2/c1-3-13(11,4-2)14(12,9-7-5)10-8-6/h3-4H2,1-2H3. The van der Waals surface area contributed by atoms with Crippen LogP contribution in [0.1, 0.15) is 13.8 Å². The molecule has 0 aliphatic heterocycles. The van der Waals surface area contributed by atoms with Crippen molar-refractivity contribution in [2.75, 3.05) is 12.3 Å². The van der Waals surface area contributed by atoms with E-state index < -0.39 is 14.0 Å². The molecule has 0 aliphatic carbocycles. The molecular formula is C4H10N6O2P2. The van der Waals surface area contributed by atoms with Gasteiger partial charge in [0.1, 0.15) is 0 Å². The van der Waals surface area contributed by atoms with Crippen LogP contribution in [0.25, 0.3) is 20.9 Å². The van der Waals surface area contributed by atoms with Crippen molar-refractivity contribution < 1.29 is 9.13 Å². The molecule has 0 aromatic rings. The molecule has 0 aliphatic rings. The van der Waals surface area contributed by atoms with Gasteiger partial charge >= 0.3 is 7.13 Å². The fourth-order valence-electron chi connectivity index (χ4n) is 0.860. The maximum Gasteiger partial charge on any atom is 0.311 e. The Labute approximate surface area is 80.7 Å². The molecule has 0 N–H and O–H groups in total. The van der Waals surface area contributed by atoms with E-state index in [4.69, 9.17) is 11.1 Å². The molecule has 0 heterocycles. The van der Waals surface area contributed by atoms with E-state index in [0.717, 1.165) is 0 Å². The number of hydrogen-bond acceptors (Lipinski definition) is 2. The lowest BCUT2D eigenvalue weighted by Crippen LogP contribution is -1.87. The molecule has 0 radical (unpaired) electrons. The molecule has 0 aromatic carbocycles. The number of azide groups is 1. The maximum atomic E-state index is 12.0. The average molecular weight is 236 g/mol. The van der Waals surface area contributed by atoms with E-state index in [9.17, 15) is 9.13 Å². The molecule has 0 saturated heterocycles. The second-order valence-corrected chi connectivity index (χ2v) is 10.4. The highest BCUT2D eigenvalue weighted by atomic mass is 32.1. The van der Waals surface area contributed by atoms with Crippen LogP contribution in [0.4, 0.5) is 0 Å². The summed E-state index contributed by atoms with van der Waals surface area (Å²) in [6.45, 7) is -0.117. The van der Waals surface area contributed by atoms with Crippen LogP contribution in [0, 0.1) is 0 Å². The summed E-state index contributed by atoms with van der Waals surface area (Å²) in [6.07, 6.45) is 0.164. The normalized spacial score (nSPS) is 14.7. The predicted molar refractivity (Wildman–Crippen MR) is 54.6 cm³/mol. The van der Waals surface area contributed by atoms with E-state index in [1.807, 2.05) is 0 Å². The Kier molecular flexibility index (Phi) is 4.75. The van der Waals surface area contributed by atoms with Gasteiger partial charge < -0.3 is 9.13 Å². The largest absolute Gasteiger partial charge is 0.315 e. The monoisotopic (exact) mass is 236 g/mol. The third-order valence-electron chi connectivity index (χ3n) is 1.78. The first-order valence-electron chi connectivity index (χ1n) is 3.81. The van der Waals surface area contributed by atoms with Gasteiger partial charge in [0.25, 0.3) is 0 Å². The lowest BCUT2D eigenvalue weighted by Gasteiger charge is -2.16. The molecule has 0 bridgehead atoms. The Morgan fingerprint density at radius 3 is 1.64 bits per heavy atom. The minimum Gasteiger partial charge on any atom is -0.315 e. The zero-order chi connectivity index (χ0) is 11.2. The van der Waals surface area contributed by atoms with Crippen LogP contribution >= 0.6 is 14.0 Å². The molecule has 0 amide bonds. The minimum absolute atomic E-state index is 0.0822. The Morgan fingerprint density at radius 2 is 1.43 bits per heavy atom. The molecule has 0 spiro atoms. The Balaban J connectivity index is 5.64. The summed E-state index contributed by atoms with van der Waals surface area (Å²) in [4.78, 5) is 10.5. The van der Waals surface area contributed by atoms with Crippen molar-refractivity contribution in [2.45, 2.75) is 13.8 Å². The number of nitrogens with zero attached hydrogens (tertiary/aromatic N) is 6. The molecule has 8 nitrogen and oxygen atoms in total. The average Bonchev–Trinajstić information content (AvgIpc) is 2.17. The Morgan fingerprint density at radius 1 is 1.07 bits per heavy atom. The van der Waals surface area contributed by atoms with Gasteiger partial charge in [-0.25, -0.2) is 0 Å². The lowest BCUT2D eigenvalue weighted by molar-refractivity contribution is 0.566. The fraction of sp³-hybridized carbons (Fsp3) is 1.00. The van der Waals surface area contributed by atoms with Crippen molar-refractivity contribution in [3.05, 3.63) is 20.9 Å². The molecular weight excluding hydrogens is 226 g/mol. The highest BCUT2D eigenvalue weighted by Crippen LogP contribution is 2.83. The second-order valence-electron chi connectivity index (χ2n) is 2.35. The van der Waals surface area contributed by atoms with Gasteiger partial charge in [0.15, 0.2) is 6.83 Å². The van der Waals surface area contributed by atoms with E-state index in [0.29, 0.717) is 0 Å². The first kappa shape index (κ1) is 13.1. The maximum absolute atomic E-state index is 12.0. The smallest absolute Gasteiger partial charge is 0.311 e. The van der Waals surface area contributed by atoms with Crippen molar-refractivity contribution in [1.82, 2.24) is 0 Å². The van der Waals surface area contributed by atoms with E-state index >= 15 is 0 Å². The summed E-state index contributed by atoms with van der Waals surface area (Å²) < 4.78 is 23.8. The second kappa shape index (κ2) is 5.08. The van der Waals surface area contributed by atoms with E-state index in [1.165, 1.54) is 0 Å². The van der Waals surface area contributed by atoms with Gasteiger partial charge in [-0.3, -0.25) is 0 Å². The summed E-state index contributed by atoms with van der Waals surface area (Å²) >= 11 is 0. The van der Waals surface area contributed by atoms with Gasteiger partial charge in [0, 0.05) is 22.1 Å². The minimum atomic E-state index is -3.97. The fourth-order valence-corrected chi connectivity index (χ4v) is 5.88. The predicted octanol–water partition coefficient (Wildman–Crippen LogP) is 4.12. The topological polar surface area (TPSA) is 132 Å². The zero-order valence-corrected chi connectivity index (χ0v) is 9.60. The summed E-state index contributed by atoms with van der Waals surface area (Å²) in [5.74, 6) is 0. The van der Waals surface area contributed by atoms with Crippen LogP contribution in [-0.4, -0.2) is 12.3 Å². The lowest BCUT2D eigenvalue weighted by atomic mass is 11.0. The molecule has 0 rings (SSSR count). The summed E-state index contributed by atoms with van der Waals surface area (Å²) in [7, 11) is -3.97. The molecule has 0 atom stereocenters. The van der Waals surface area contributed by atoms with E-state index in [2.05, 4.69) is 19.6 Å². The molecule has 0 fully saturated rings. The zero-order valence-electron chi connectivity index (χ0n) is 7.81. The first-order valence-corrected chi connectivity index (χ1v) is 8.21. The molecule has 10 heteroatoms. The Bertz CT molecular complexity index is 363. The Hall–Kier alpha value is -0.920. The number of hydrogen-bond donors (Lipinski definition) is 0. The van der Waals surface area contributed by atoms with Crippen molar-refractivity contribution in [3.63, 3.8) is 0 Å². The van der Waals surface area contributed by atoms with Gasteiger partial charge in [-0.2, -0.15) is 0 Å². The molecule has 0 unspecified atom stereocenters. The SMILES string of the molecule is CCP(=O)(CC)P(=O)(N=[N+]=[N-])N=[N+]=[N-]. The van der Waals surface area contributed by atoms with Gasteiger partial charge in [0.05, 0.1) is 0 Å². The summed E-state index contributed by atoms with van der Waals surface area (Å²) in [5.41, 5.74) is 16.3. The van der Waals surface area contributed by atoms with Crippen LogP contribution in [-0.2, 0) is 9.13 Å². The van der Waals surface area contributed by atoms with Crippen molar-refractivity contribution >= 4 is 14.0 Å². The summed E-state index contributed by atoms with van der Waals surface area (Å²) in [5, 5.41) is 0. The third-order valence-corrected chi connectivity index (χ3v) is 10.4. The van der Waals surface area contributed by atoms with Crippen molar-refractivity contribution in [2.24, 2.45) is 9.77 Å². The van der Waals surface area contributed by atoms with Crippen molar-refractivity contribution in [1.29, 1.82) is 0 Å². The third kappa shape index (κ3) is 2.31. The van der Waals surface area contributed by atoms with Crippen LogP contribution in [0.2, 0.25) is 0 Å². The van der Waals surface area contributed by atoms with Crippen LogP contribution in [0.5, 0.6) is 0 Å². The highest BCUT2D eigenvalue weighted by Gasteiger charge is 2.39.